The molecule has 0 saturated carbocycles. The molecule has 0 radical (unpaired) electrons. The number of morpholine rings is 1. The minimum Gasteiger partial charge on any atom is -0.370 e. The van der Waals surface area contributed by atoms with Crippen LogP contribution in [0.2, 0.25) is 0 Å². The Hall–Kier alpha value is -2.02. The van der Waals surface area contributed by atoms with Gasteiger partial charge in [0.25, 0.3) is 0 Å². The molecule has 0 spiro atoms. The van der Waals surface area contributed by atoms with Gasteiger partial charge in [-0.15, -0.1) is 0 Å². The zero-order valence-corrected chi connectivity index (χ0v) is 15.7. The second-order valence-corrected chi connectivity index (χ2v) is 6.96. The molecule has 6 heteroatoms. The first kappa shape index (κ1) is 18.8. The average Bonchev–Trinajstić information content (AvgIpc) is 2.65. The minimum atomic E-state index is -0.261. The highest BCUT2D eigenvalue weighted by molar-refractivity contribution is 7.80. The number of halogens is 1. The number of hydrogen-bond acceptors (Lipinski definition) is 2. The Labute approximate surface area is 159 Å². The summed E-state index contributed by atoms with van der Waals surface area (Å²) in [6, 6.07) is 17.1. The van der Waals surface area contributed by atoms with Crippen LogP contribution in [0.4, 0.5) is 10.1 Å². The molecule has 0 bridgehead atoms. The molecule has 138 valence electrons. The molecule has 1 heterocycles. The van der Waals surface area contributed by atoms with Crippen molar-refractivity contribution in [1.29, 1.82) is 0 Å². The molecule has 3 N–H and O–H groups in total. The van der Waals surface area contributed by atoms with Gasteiger partial charge >= 0.3 is 0 Å². The zero-order chi connectivity index (χ0) is 18.4. The molecule has 0 unspecified atom stereocenters. The van der Waals surface area contributed by atoms with Gasteiger partial charge in [-0.1, -0.05) is 30.3 Å². The van der Waals surface area contributed by atoms with Gasteiger partial charge in [0.15, 0.2) is 5.11 Å². The summed E-state index contributed by atoms with van der Waals surface area (Å²) in [5, 5.41) is 7.07. The van der Waals surface area contributed by atoms with E-state index < -0.39 is 0 Å². The first-order valence-electron chi connectivity index (χ1n) is 8.94. The lowest BCUT2D eigenvalue weighted by atomic mass is 9.98. The summed E-state index contributed by atoms with van der Waals surface area (Å²) in [6.07, 6.45) is 0. The number of nitrogens with one attached hydrogen (secondary N) is 3. The lowest BCUT2D eigenvalue weighted by Crippen LogP contribution is -3.15. The molecule has 1 fully saturated rings. The van der Waals surface area contributed by atoms with Crippen LogP contribution in [-0.4, -0.2) is 37.5 Å². The fraction of sp³-hybridized carbons (Fsp3) is 0.350. The third-order valence-electron chi connectivity index (χ3n) is 4.69. The first-order chi connectivity index (χ1) is 12.6. The van der Waals surface area contributed by atoms with Crippen molar-refractivity contribution in [3.8, 4) is 0 Å². The van der Waals surface area contributed by atoms with E-state index in [9.17, 15) is 4.39 Å². The molecule has 2 aromatic rings. The Kier molecular flexibility index (Phi) is 6.55. The molecule has 1 aliphatic rings. The van der Waals surface area contributed by atoms with Crippen LogP contribution in [0.15, 0.2) is 54.6 Å². The van der Waals surface area contributed by atoms with E-state index >= 15 is 0 Å². The van der Waals surface area contributed by atoms with Gasteiger partial charge in [0, 0.05) is 11.3 Å². The summed E-state index contributed by atoms with van der Waals surface area (Å²) in [7, 11) is 0. The standard InChI is InChI=1S/C20H24FN3OS/c1-15(22-20(26)23-18-9-7-17(21)8-10-18)19(16-5-3-2-4-6-16)24-11-13-25-14-12-24/h2-10,15,19H,11-14H2,1H3,(H2,22,23,26)/p+1/t15-,19-/m1/s1. The summed E-state index contributed by atoms with van der Waals surface area (Å²) in [5.41, 5.74) is 2.06. The van der Waals surface area contributed by atoms with E-state index in [1.165, 1.54) is 22.6 Å². The average molecular weight is 375 g/mol. The van der Waals surface area contributed by atoms with Gasteiger partial charge in [-0.25, -0.2) is 4.39 Å². The molecule has 0 aliphatic carbocycles. The third kappa shape index (κ3) is 5.00. The van der Waals surface area contributed by atoms with Crippen LogP contribution in [0.3, 0.4) is 0 Å². The number of thiocarbonyl (C=S) groups is 1. The minimum absolute atomic E-state index is 0.131. The molecule has 3 rings (SSSR count). The lowest BCUT2D eigenvalue weighted by molar-refractivity contribution is -0.940. The van der Waals surface area contributed by atoms with Gasteiger partial charge in [0.1, 0.15) is 24.9 Å². The molecular formula is C20H25FN3OS+. The number of hydrogen-bond donors (Lipinski definition) is 3. The van der Waals surface area contributed by atoms with Gasteiger partial charge in [0.2, 0.25) is 0 Å². The third-order valence-corrected chi connectivity index (χ3v) is 4.91. The maximum Gasteiger partial charge on any atom is 0.171 e. The maximum atomic E-state index is 13.0. The molecule has 1 saturated heterocycles. The Morgan fingerprint density at radius 2 is 1.73 bits per heavy atom. The summed E-state index contributed by atoms with van der Waals surface area (Å²) in [6.45, 7) is 5.67. The van der Waals surface area contributed by atoms with Gasteiger partial charge in [-0.3, -0.25) is 0 Å². The Balaban J connectivity index is 1.69. The van der Waals surface area contributed by atoms with Crippen LogP contribution in [0.5, 0.6) is 0 Å². The normalized spacial score (nSPS) is 17.3. The predicted molar refractivity (Wildman–Crippen MR) is 106 cm³/mol. The summed E-state index contributed by atoms with van der Waals surface area (Å²) < 4.78 is 18.6. The first-order valence-corrected chi connectivity index (χ1v) is 9.34. The molecule has 2 aromatic carbocycles. The van der Waals surface area contributed by atoms with Gasteiger partial charge in [-0.2, -0.15) is 0 Å². The zero-order valence-electron chi connectivity index (χ0n) is 14.9. The van der Waals surface area contributed by atoms with Gasteiger partial charge in [0.05, 0.1) is 19.3 Å². The smallest absolute Gasteiger partial charge is 0.171 e. The predicted octanol–water partition coefficient (Wildman–Crippen LogP) is 2.16. The Morgan fingerprint density at radius 1 is 1.08 bits per heavy atom. The molecule has 1 aliphatic heterocycles. The highest BCUT2D eigenvalue weighted by atomic mass is 32.1. The second-order valence-electron chi connectivity index (χ2n) is 6.55. The SMILES string of the molecule is C[C@@H](NC(=S)Nc1ccc(F)cc1)[C@H](c1ccccc1)[NH+]1CCOCC1. The fourth-order valence-corrected chi connectivity index (χ4v) is 3.78. The van der Waals surface area contributed by atoms with Crippen molar-refractivity contribution in [3.63, 3.8) is 0 Å². The van der Waals surface area contributed by atoms with Crippen LogP contribution in [0.1, 0.15) is 18.5 Å². The lowest BCUT2D eigenvalue weighted by Gasteiger charge is -2.35. The fourth-order valence-electron chi connectivity index (χ4n) is 3.47. The summed E-state index contributed by atoms with van der Waals surface area (Å²) >= 11 is 5.47. The quantitative estimate of drug-likeness (QED) is 0.702. The number of ether oxygens (including phenoxy) is 1. The number of rotatable bonds is 5. The van der Waals surface area contributed by atoms with Crippen molar-refractivity contribution in [1.82, 2.24) is 5.32 Å². The van der Waals surface area contributed by atoms with E-state index in [-0.39, 0.29) is 17.9 Å². The highest BCUT2D eigenvalue weighted by Crippen LogP contribution is 2.15. The molecular weight excluding hydrogens is 349 g/mol. The summed E-state index contributed by atoms with van der Waals surface area (Å²) in [5.74, 6) is -0.261. The molecule has 0 aromatic heterocycles. The van der Waals surface area contributed by atoms with E-state index in [2.05, 4.69) is 41.8 Å². The van der Waals surface area contributed by atoms with Crippen LogP contribution in [0, 0.1) is 5.82 Å². The van der Waals surface area contributed by atoms with Crippen molar-refractivity contribution >= 4 is 23.0 Å². The van der Waals surface area contributed by atoms with E-state index in [0.29, 0.717) is 5.11 Å². The molecule has 0 amide bonds. The molecule has 26 heavy (non-hydrogen) atoms. The van der Waals surface area contributed by atoms with Gasteiger partial charge in [-0.05, 0) is 43.4 Å². The van der Waals surface area contributed by atoms with Crippen molar-refractivity contribution in [2.75, 3.05) is 31.6 Å². The van der Waals surface area contributed by atoms with E-state index in [1.54, 1.807) is 12.1 Å². The Bertz CT molecular complexity index is 705. The molecule has 2 atom stereocenters. The van der Waals surface area contributed by atoms with Crippen molar-refractivity contribution < 1.29 is 14.0 Å². The van der Waals surface area contributed by atoms with Gasteiger partial charge < -0.3 is 20.3 Å². The van der Waals surface area contributed by atoms with Crippen LogP contribution in [0.25, 0.3) is 0 Å². The monoisotopic (exact) mass is 374 g/mol. The van der Waals surface area contributed by atoms with Crippen molar-refractivity contribution in [2.24, 2.45) is 0 Å². The highest BCUT2D eigenvalue weighted by Gasteiger charge is 2.31. The number of benzene rings is 2. The van der Waals surface area contributed by atoms with Crippen molar-refractivity contribution in [3.05, 3.63) is 66.0 Å². The van der Waals surface area contributed by atoms with E-state index in [1.807, 2.05) is 6.07 Å². The number of anilines is 1. The van der Waals surface area contributed by atoms with Crippen LogP contribution >= 0.6 is 12.2 Å². The topological polar surface area (TPSA) is 37.7 Å². The summed E-state index contributed by atoms with van der Waals surface area (Å²) in [4.78, 5) is 1.49. The van der Waals surface area contributed by atoms with E-state index in [0.717, 1.165) is 32.0 Å². The van der Waals surface area contributed by atoms with Crippen LogP contribution in [-0.2, 0) is 4.74 Å². The van der Waals surface area contributed by atoms with E-state index in [4.69, 9.17) is 17.0 Å². The maximum absolute atomic E-state index is 13.0. The van der Waals surface area contributed by atoms with Crippen molar-refractivity contribution in [2.45, 2.75) is 19.0 Å². The second kappa shape index (κ2) is 9.07. The Morgan fingerprint density at radius 3 is 2.38 bits per heavy atom. The largest absolute Gasteiger partial charge is 0.370 e. The molecule has 4 nitrogen and oxygen atoms in total. The van der Waals surface area contributed by atoms with Crippen LogP contribution < -0.4 is 15.5 Å². The number of quaternary nitrogens is 1.